The molecule has 0 radical (unpaired) electrons. The van der Waals surface area contributed by atoms with E-state index in [0.29, 0.717) is 19.0 Å². The Morgan fingerprint density at radius 3 is 2.36 bits per heavy atom. The molecule has 2 N–H and O–H groups in total. The van der Waals surface area contributed by atoms with Gasteiger partial charge in [-0.15, -0.1) is 0 Å². The molecule has 1 aliphatic rings. The Kier molecular flexibility index (Phi) is 3.04. The van der Waals surface area contributed by atoms with E-state index < -0.39 is 5.60 Å². The first-order valence-corrected chi connectivity index (χ1v) is 5.03. The Hall–Kier alpha value is -0.770. The maximum atomic E-state index is 11.6. The summed E-state index contributed by atoms with van der Waals surface area (Å²) < 4.78 is 5.25. The van der Waals surface area contributed by atoms with Crippen molar-refractivity contribution in [3.63, 3.8) is 0 Å². The second-order valence-electron chi connectivity index (χ2n) is 5.03. The summed E-state index contributed by atoms with van der Waals surface area (Å²) in [6, 6.07) is 0.0857. The third kappa shape index (κ3) is 2.87. The summed E-state index contributed by atoms with van der Waals surface area (Å²) in [5, 5.41) is 0. The molecular formula is C10H20N2O2. The van der Waals surface area contributed by atoms with E-state index in [1.165, 1.54) is 0 Å². The van der Waals surface area contributed by atoms with Gasteiger partial charge < -0.3 is 15.4 Å². The molecular weight excluding hydrogens is 180 g/mol. The molecule has 2 atom stereocenters. The fourth-order valence-corrected chi connectivity index (χ4v) is 1.47. The lowest BCUT2D eigenvalue weighted by Crippen LogP contribution is -2.36. The highest BCUT2D eigenvalue weighted by Gasteiger charge is 2.32. The Balaban J connectivity index is 2.48. The summed E-state index contributed by atoms with van der Waals surface area (Å²) in [7, 11) is 0. The average Bonchev–Trinajstić information content (AvgIpc) is 2.28. The molecule has 0 aromatic heterocycles. The van der Waals surface area contributed by atoms with Crippen molar-refractivity contribution >= 4 is 6.09 Å². The van der Waals surface area contributed by atoms with Crippen LogP contribution < -0.4 is 5.73 Å². The van der Waals surface area contributed by atoms with Crippen LogP contribution in [-0.4, -0.2) is 35.7 Å². The normalized spacial score (nSPS) is 27.9. The minimum atomic E-state index is -0.424. The molecule has 0 aromatic rings. The number of nitrogens with zero attached hydrogens (tertiary/aromatic N) is 1. The lowest BCUT2D eigenvalue weighted by Gasteiger charge is -2.24. The molecule has 0 spiro atoms. The van der Waals surface area contributed by atoms with Gasteiger partial charge >= 0.3 is 6.09 Å². The summed E-state index contributed by atoms with van der Waals surface area (Å²) in [5.41, 5.74) is 5.40. The Labute approximate surface area is 85.4 Å². The molecule has 0 unspecified atom stereocenters. The molecule has 1 heterocycles. The van der Waals surface area contributed by atoms with Crippen molar-refractivity contribution in [2.45, 2.75) is 39.3 Å². The molecule has 0 saturated carbocycles. The Bertz CT molecular complexity index is 213. The van der Waals surface area contributed by atoms with Gasteiger partial charge in [0, 0.05) is 19.1 Å². The van der Waals surface area contributed by atoms with E-state index in [0.717, 1.165) is 0 Å². The quantitative estimate of drug-likeness (QED) is 0.639. The van der Waals surface area contributed by atoms with Gasteiger partial charge in [-0.25, -0.2) is 4.79 Å². The SMILES string of the molecule is C[C@@H]1CN(C(=O)OC(C)(C)C)C[C@H]1N. The van der Waals surface area contributed by atoms with E-state index in [-0.39, 0.29) is 12.1 Å². The van der Waals surface area contributed by atoms with Crippen LogP contribution in [0.4, 0.5) is 4.79 Å². The first kappa shape index (κ1) is 11.3. The fraction of sp³-hybridized carbons (Fsp3) is 0.900. The van der Waals surface area contributed by atoms with Crippen LogP contribution in [0.25, 0.3) is 0 Å². The summed E-state index contributed by atoms with van der Waals surface area (Å²) in [6.07, 6.45) is -0.252. The van der Waals surface area contributed by atoms with Gasteiger partial charge in [0.25, 0.3) is 0 Å². The monoisotopic (exact) mass is 200 g/mol. The molecule has 0 bridgehead atoms. The lowest BCUT2D eigenvalue weighted by atomic mass is 10.1. The molecule has 4 nitrogen and oxygen atoms in total. The van der Waals surface area contributed by atoms with Gasteiger partial charge in [0.2, 0.25) is 0 Å². The zero-order valence-corrected chi connectivity index (χ0v) is 9.41. The van der Waals surface area contributed by atoms with Crippen LogP contribution in [0.5, 0.6) is 0 Å². The number of amides is 1. The number of nitrogens with two attached hydrogens (primary N) is 1. The van der Waals surface area contributed by atoms with Crippen LogP contribution in [0.15, 0.2) is 0 Å². The zero-order chi connectivity index (χ0) is 10.9. The summed E-state index contributed by atoms with van der Waals surface area (Å²) in [4.78, 5) is 13.3. The van der Waals surface area contributed by atoms with Gasteiger partial charge in [-0.1, -0.05) is 6.92 Å². The predicted octanol–water partition coefficient (Wildman–Crippen LogP) is 1.20. The standard InChI is InChI=1S/C10H20N2O2/c1-7-5-12(6-8(7)11)9(13)14-10(2,3)4/h7-8H,5-6,11H2,1-4H3/t7-,8-/m1/s1. The fourth-order valence-electron chi connectivity index (χ4n) is 1.47. The second kappa shape index (κ2) is 3.77. The molecule has 0 aromatic carbocycles. The van der Waals surface area contributed by atoms with Crippen LogP contribution in [0, 0.1) is 5.92 Å². The van der Waals surface area contributed by atoms with E-state index in [2.05, 4.69) is 6.92 Å². The van der Waals surface area contributed by atoms with Gasteiger partial charge in [-0.2, -0.15) is 0 Å². The number of hydrogen-bond acceptors (Lipinski definition) is 3. The van der Waals surface area contributed by atoms with Crippen molar-refractivity contribution < 1.29 is 9.53 Å². The van der Waals surface area contributed by atoms with Gasteiger partial charge in [0.1, 0.15) is 5.60 Å². The summed E-state index contributed by atoms with van der Waals surface area (Å²) >= 11 is 0. The molecule has 1 fully saturated rings. The number of likely N-dealkylation sites (tertiary alicyclic amines) is 1. The number of carbonyl (C=O) groups excluding carboxylic acids is 1. The van der Waals surface area contributed by atoms with Crippen molar-refractivity contribution in [1.29, 1.82) is 0 Å². The first-order chi connectivity index (χ1) is 6.29. The maximum Gasteiger partial charge on any atom is 0.410 e. The van der Waals surface area contributed by atoms with Crippen molar-refractivity contribution in [2.75, 3.05) is 13.1 Å². The Morgan fingerprint density at radius 1 is 1.43 bits per heavy atom. The number of carbonyl (C=O) groups is 1. The molecule has 0 aliphatic carbocycles. The molecule has 82 valence electrons. The minimum absolute atomic E-state index is 0.0857. The maximum absolute atomic E-state index is 11.6. The highest BCUT2D eigenvalue weighted by atomic mass is 16.6. The third-order valence-electron chi connectivity index (χ3n) is 2.32. The van der Waals surface area contributed by atoms with E-state index in [1.54, 1.807) is 4.90 Å². The van der Waals surface area contributed by atoms with Crippen LogP contribution in [0.1, 0.15) is 27.7 Å². The van der Waals surface area contributed by atoms with Gasteiger partial charge in [0.05, 0.1) is 0 Å². The first-order valence-electron chi connectivity index (χ1n) is 5.03. The van der Waals surface area contributed by atoms with E-state index in [4.69, 9.17) is 10.5 Å². The zero-order valence-electron chi connectivity index (χ0n) is 9.41. The van der Waals surface area contributed by atoms with Crippen LogP contribution in [-0.2, 0) is 4.74 Å². The summed E-state index contributed by atoms with van der Waals surface area (Å²) in [6.45, 7) is 8.96. The van der Waals surface area contributed by atoms with Crippen LogP contribution in [0.3, 0.4) is 0 Å². The van der Waals surface area contributed by atoms with Crippen LogP contribution in [0.2, 0.25) is 0 Å². The third-order valence-corrected chi connectivity index (χ3v) is 2.32. The number of rotatable bonds is 0. The number of ether oxygens (including phenoxy) is 1. The van der Waals surface area contributed by atoms with Crippen molar-refractivity contribution in [1.82, 2.24) is 4.90 Å². The van der Waals surface area contributed by atoms with E-state index in [9.17, 15) is 4.79 Å². The predicted molar refractivity (Wildman–Crippen MR) is 54.9 cm³/mol. The minimum Gasteiger partial charge on any atom is -0.444 e. The van der Waals surface area contributed by atoms with Crippen molar-refractivity contribution in [2.24, 2.45) is 11.7 Å². The number of hydrogen-bond donors (Lipinski definition) is 1. The Morgan fingerprint density at radius 2 is 2.00 bits per heavy atom. The van der Waals surface area contributed by atoms with Crippen molar-refractivity contribution in [3.8, 4) is 0 Å². The van der Waals surface area contributed by atoms with Gasteiger partial charge in [-0.3, -0.25) is 0 Å². The molecule has 4 heteroatoms. The van der Waals surface area contributed by atoms with Gasteiger partial charge in [0.15, 0.2) is 0 Å². The average molecular weight is 200 g/mol. The van der Waals surface area contributed by atoms with Crippen molar-refractivity contribution in [3.05, 3.63) is 0 Å². The lowest BCUT2D eigenvalue weighted by molar-refractivity contribution is 0.0287. The highest BCUT2D eigenvalue weighted by molar-refractivity contribution is 5.68. The largest absolute Gasteiger partial charge is 0.444 e. The molecule has 1 rings (SSSR count). The molecule has 14 heavy (non-hydrogen) atoms. The van der Waals surface area contributed by atoms with E-state index >= 15 is 0 Å². The summed E-state index contributed by atoms with van der Waals surface area (Å²) in [5.74, 6) is 0.363. The molecule has 1 aliphatic heterocycles. The molecule has 1 saturated heterocycles. The van der Waals surface area contributed by atoms with Gasteiger partial charge in [-0.05, 0) is 26.7 Å². The molecule has 1 amide bonds. The smallest absolute Gasteiger partial charge is 0.410 e. The second-order valence-corrected chi connectivity index (χ2v) is 5.03. The van der Waals surface area contributed by atoms with E-state index in [1.807, 2.05) is 20.8 Å². The van der Waals surface area contributed by atoms with Crippen LogP contribution >= 0.6 is 0 Å². The topological polar surface area (TPSA) is 55.6 Å². The highest BCUT2D eigenvalue weighted by Crippen LogP contribution is 2.17.